The zero-order chi connectivity index (χ0) is 26.6. The Morgan fingerprint density at radius 2 is 2.03 bits per heavy atom. The highest BCUT2D eigenvalue weighted by Gasteiger charge is 2.29. The van der Waals surface area contributed by atoms with Crippen molar-refractivity contribution >= 4 is 41.2 Å². The van der Waals surface area contributed by atoms with Crippen molar-refractivity contribution < 1.29 is 14.3 Å². The van der Waals surface area contributed by atoms with Crippen molar-refractivity contribution in [2.75, 3.05) is 48.4 Å². The van der Waals surface area contributed by atoms with Crippen LogP contribution in [0.4, 0.5) is 23.1 Å². The van der Waals surface area contributed by atoms with E-state index in [-0.39, 0.29) is 23.8 Å². The van der Waals surface area contributed by atoms with E-state index in [9.17, 15) is 9.59 Å². The van der Waals surface area contributed by atoms with Crippen LogP contribution in [0.2, 0.25) is 0 Å². The SMILES string of the molecule is CC(=O)N1CCC(C(=O)Nc2ccc(-c3cc(N4CCOC[C@H]4C)nc(Nc4ccn[nH]4)c3C=N)cc2)C1. The summed E-state index contributed by atoms with van der Waals surface area (Å²) in [6.07, 6.45) is 3.61. The molecule has 0 spiro atoms. The van der Waals surface area contributed by atoms with E-state index >= 15 is 0 Å². The van der Waals surface area contributed by atoms with Crippen molar-refractivity contribution in [3.63, 3.8) is 0 Å². The van der Waals surface area contributed by atoms with Crippen molar-refractivity contribution in [1.29, 1.82) is 5.41 Å². The predicted molar refractivity (Wildman–Crippen MR) is 146 cm³/mol. The maximum absolute atomic E-state index is 12.8. The number of pyridine rings is 1. The normalized spacial score (nSPS) is 19.3. The van der Waals surface area contributed by atoms with Crippen LogP contribution in [-0.4, -0.2) is 77.0 Å². The number of aromatic nitrogens is 3. The molecule has 198 valence electrons. The average molecular weight is 517 g/mol. The minimum absolute atomic E-state index is 0.00348. The minimum atomic E-state index is -0.211. The number of morpholine rings is 1. The average Bonchev–Trinajstić information content (AvgIpc) is 3.62. The van der Waals surface area contributed by atoms with Gasteiger partial charge in [0, 0.05) is 50.1 Å². The van der Waals surface area contributed by atoms with Crippen LogP contribution in [0.5, 0.6) is 0 Å². The summed E-state index contributed by atoms with van der Waals surface area (Å²) < 4.78 is 5.62. The lowest BCUT2D eigenvalue weighted by atomic mass is 10.00. The molecule has 2 amide bonds. The van der Waals surface area contributed by atoms with Gasteiger partial charge in [0.05, 0.1) is 31.4 Å². The maximum atomic E-state index is 12.8. The van der Waals surface area contributed by atoms with Gasteiger partial charge in [-0.2, -0.15) is 5.10 Å². The molecule has 1 aromatic carbocycles. The summed E-state index contributed by atoms with van der Waals surface area (Å²) in [6, 6.07) is 11.5. The molecule has 4 heterocycles. The topological polar surface area (TPSA) is 139 Å². The van der Waals surface area contributed by atoms with Gasteiger partial charge >= 0.3 is 0 Å². The van der Waals surface area contributed by atoms with Gasteiger partial charge in [0.25, 0.3) is 0 Å². The van der Waals surface area contributed by atoms with Gasteiger partial charge in [-0.1, -0.05) is 12.1 Å². The number of amides is 2. The van der Waals surface area contributed by atoms with Crippen molar-refractivity contribution in [1.82, 2.24) is 20.1 Å². The Morgan fingerprint density at radius 3 is 2.68 bits per heavy atom. The summed E-state index contributed by atoms with van der Waals surface area (Å²) in [6.45, 7) is 6.65. The molecule has 5 rings (SSSR count). The van der Waals surface area contributed by atoms with E-state index in [0.717, 1.165) is 16.9 Å². The molecule has 4 N–H and O–H groups in total. The second-order valence-corrected chi connectivity index (χ2v) is 9.66. The van der Waals surface area contributed by atoms with E-state index < -0.39 is 0 Å². The van der Waals surface area contributed by atoms with Gasteiger partial charge in [-0.05, 0) is 42.7 Å². The number of benzene rings is 1. The van der Waals surface area contributed by atoms with E-state index in [1.807, 2.05) is 30.3 Å². The number of rotatable bonds is 7. The molecule has 0 bridgehead atoms. The summed E-state index contributed by atoms with van der Waals surface area (Å²) in [5.41, 5.74) is 3.05. The largest absolute Gasteiger partial charge is 0.377 e. The molecule has 2 fully saturated rings. The van der Waals surface area contributed by atoms with E-state index in [1.54, 1.807) is 17.2 Å². The molecular weight excluding hydrogens is 484 g/mol. The smallest absolute Gasteiger partial charge is 0.229 e. The number of nitrogens with one attached hydrogen (secondary N) is 4. The lowest BCUT2D eigenvalue weighted by Crippen LogP contribution is -2.44. The highest BCUT2D eigenvalue weighted by molar-refractivity contribution is 5.97. The summed E-state index contributed by atoms with van der Waals surface area (Å²) in [5, 5.41) is 21.3. The fourth-order valence-corrected chi connectivity index (χ4v) is 4.93. The van der Waals surface area contributed by atoms with Crippen LogP contribution in [0.1, 0.15) is 25.8 Å². The van der Waals surface area contributed by atoms with Gasteiger partial charge in [-0.3, -0.25) is 14.7 Å². The van der Waals surface area contributed by atoms with Crippen molar-refractivity contribution in [3.05, 3.63) is 48.2 Å². The van der Waals surface area contributed by atoms with Crippen LogP contribution in [0, 0.1) is 11.3 Å². The third kappa shape index (κ3) is 5.37. The molecule has 38 heavy (non-hydrogen) atoms. The zero-order valence-electron chi connectivity index (χ0n) is 21.5. The summed E-state index contributed by atoms with van der Waals surface area (Å²) in [5.74, 6) is 1.71. The number of anilines is 4. The van der Waals surface area contributed by atoms with Crippen LogP contribution >= 0.6 is 0 Å². The zero-order valence-corrected chi connectivity index (χ0v) is 21.5. The van der Waals surface area contributed by atoms with Gasteiger partial charge < -0.3 is 30.6 Å². The van der Waals surface area contributed by atoms with Crippen LogP contribution in [0.15, 0.2) is 42.6 Å². The highest BCUT2D eigenvalue weighted by atomic mass is 16.5. The van der Waals surface area contributed by atoms with Gasteiger partial charge in [0.15, 0.2) is 0 Å². The third-order valence-electron chi connectivity index (χ3n) is 7.07. The summed E-state index contributed by atoms with van der Waals surface area (Å²) >= 11 is 0. The number of nitrogens with zero attached hydrogens (tertiary/aromatic N) is 4. The van der Waals surface area contributed by atoms with Crippen molar-refractivity contribution in [2.45, 2.75) is 26.3 Å². The first-order chi connectivity index (χ1) is 18.4. The molecule has 11 heteroatoms. The number of ether oxygens (including phenoxy) is 1. The number of aromatic amines is 1. The number of hydrogen-bond acceptors (Lipinski definition) is 8. The van der Waals surface area contributed by atoms with Crippen LogP contribution in [-0.2, 0) is 14.3 Å². The molecule has 0 aliphatic carbocycles. The quantitative estimate of drug-likeness (QED) is 0.354. The molecule has 2 aromatic heterocycles. The number of likely N-dealkylation sites (tertiary alicyclic amines) is 1. The highest BCUT2D eigenvalue weighted by Crippen LogP contribution is 2.34. The standard InChI is InChI=1S/C27H32N8O3/c1-17-16-38-12-11-35(17)25-13-22(23(14-28)26(32-25)31-24-7-9-29-33-24)19-3-5-21(6-4-19)30-27(37)20-8-10-34(15-20)18(2)36/h3-7,9,13-14,17,20,28H,8,10-12,15-16H2,1-2H3,(H,30,37)(H2,29,31,32,33)/t17-,20?/m1/s1. The second-order valence-electron chi connectivity index (χ2n) is 9.66. The fourth-order valence-electron chi connectivity index (χ4n) is 4.93. The van der Waals surface area contributed by atoms with E-state index in [1.165, 1.54) is 13.1 Å². The summed E-state index contributed by atoms with van der Waals surface area (Å²) in [4.78, 5) is 33.2. The molecule has 2 aliphatic heterocycles. The first-order valence-electron chi connectivity index (χ1n) is 12.8. The van der Waals surface area contributed by atoms with E-state index in [0.29, 0.717) is 62.2 Å². The fraction of sp³-hybridized carbons (Fsp3) is 0.370. The van der Waals surface area contributed by atoms with Crippen LogP contribution in [0.3, 0.4) is 0 Å². The Bertz CT molecular complexity index is 1310. The lowest BCUT2D eigenvalue weighted by molar-refractivity contribution is -0.128. The van der Waals surface area contributed by atoms with Crippen molar-refractivity contribution in [2.24, 2.45) is 5.92 Å². The number of H-pyrrole nitrogens is 1. The predicted octanol–water partition coefficient (Wildman–Crippen LogP) is 3.24. The van der Waals surface area contributed by atoms with E-state index in [4.69, 9.17) is 15.1 Å². The van der Waals surface area contributed by atoms with Gasteiger partial charge in [-0.15, -0.1) is 0 Å². The third-order valence-corrected chi connectivity index (χ3v) is 7.07. The Balaban J connectivity index is 1.43. The Labute approximate surface area is 221 Å². The second kappa shape index (κ2) is 11.0. The van der Waals surface area contributed by atoms with Crippen LogP contribution in [0.25, 0.3) is 11.1 Å². The molecule has 11 nitrogen and oxygen atoms in total. The number of carbonyl (C=O) groups is 2. The first-order valence-corrected chi connectivity index (χ1v) is 12.8. The minimum Gasteiger partial charge on any atom is -0.377 e. The number of carbonyl (C=O) groups excluding carboxylic acids is 2. The molecule has 2 atom stereocenters. The molecule has 0 radical (unpaired) electrons. The molecule has 3 aromatic rings. The van der Waals surface area contributed by atoms with Crippen LogP contribution < -0.4 is 15.5 Å². The summed E-state index contributed by atoms with van der Waals surface area (Å²) in [7, 11) is 0. The lowest BCUT2D eigenvalue weighted by Gasteiger charge is -2.35. The maximum Gasteiger partial charge on any atom is 0.229 e. The van der Waals surface area contributed by atoms with E-state index in [2.05, 4.69) is 32.7 Å². The molecule has 1 unspecified atom stereocenters. The first kappa shape index (κ1) is 25.4. The van der Waals surface area contributed by atoms with Gasteiger partial charge in [0.1, 0.15) is 17.5 Å². The number of hydrogen-bond donors (Lipinski definition) is 4. The Kier molecular flexibility index (Phi) is 7.36. The Morgan fingerprint density at radius 1 is 1.21 bits per heavy atom. The monoisotopic (exact) mass is 516 g/mol. The molecule has 2 saturated heterocycles. The van der Waals surface area contributed by atoms with Gasteiger partial charge in [-0.25, -0.2) is 4.98 Å². The molecular formula is C27H32N8O3. The Hall–Kier alpha value is -4.25. The molecule has 2 aliphatic rings. The molecule has 0 saturated carbocycles. The van der Waals surface area contributed by atoms with Crippen molar-refractivity contribution in [3.8, 4) is 11.1 Å². The van der Waals surface area contributed by atoms with Gasteiger partial charge in [0.2, 0.25) is 11.8 Å².